The van der Waals surface area contributed by atoms with Gasteiger partial charge in [0.25, 0.3) is 5.91 Å². The molecule has 0 bridgehead atoms. The van der Waals surface area contributed by atoms with Gasteiger partial charge in [0, 0.05) is 39.5 Å². The molecular formula is C20H22F3N3O3. The highest BCUT2D eigenvalue weighted by molar-refractivity contribution is 5.97. The molecule has 0 spiro atoms. The highest BCUT2D eigenvalue weighted by Gasteiger charge is 2.31. The van der Waals surface area contributed by atoms with Crippen LogP contribution in [0.3, 0.4) is 0 Å². The number of hydrogen-bond acceptors (Lipinski definition) is 5. The van der Waals surface area contributed by atoms with Crippen molar-refractivity contribution < 1.29 is 27.4 Å². The summed E-state index contributed by atoms with van der Waals surface area (Å²) in [5, 5.41) is 0. The maximum atomic E-state index is 12.9. The van der Waals surface area contributed by atoms with Crippen molar-refractivity contribution in [3.8, 4) is 5.75 Å². The SMILES string of the molecule is COCCOc1ccccc1C(=O)N1CCN(c2ccc(C(F)(F)F)cn2)CC1. The van der Waals surface area contributed by atoms with E-state index in [9.17, 15) is 18.0 Å². The van der Waals surface area contributed by atoms with Crippen LogP contribution in [0.25, 0.3) is 0 Å². The lowest BCUT2D eigenvalue weighted by atomic mass is 10.1. The lowest BCUT2D eigenvalue weighted by molar-refractivity contribution is -0.137. The summed E-state index contributed by atoms with van der Waals surface area (Å²) in [5.41, 5.74) is -0.301. The molecule has 2 heterocycles. The van der Waals surface area contributed by atoms with Gasteiger partial charge in [-0.05, 0) is 24.3 Å². The van der Waals surface area contributed by atoms with Crippen molar-refractivity contribution in [2.75, 3.05) is 51.4 Å². The van der Waals surface area contributed by atoms with E-state index in [1.165, 1.54) is 6.07 Å². The molecule has 3 rings (SSSR count). The number of halogens is 3. The molecule has 0 radical (unpaired) electrons. The van der Waals surface area contributed by atoms with E-state index >= 15 is 0 Å². The summed E-state index contributed by atoms with van der Waals surface area (Å²) in [6.45, 7) is 2.60. The predicted molar refractivity (Wildman–Crippen MR) is 101 cm³/mol. The van der Waals surface area contributed by atoms with Crippen LogP contribution in [0.4, 0.5) is 19.0 Å². The first-order chi connectivity index (χ1) is 13.9. The average Bonchev–Trinajstić information content (AvgIpc) is 2.73. The Hall–Kier alpha value is -2.81. The number of carbonyl (C=O) groups excluding carboxylic acids is 1. The zero-order valence-corrected chi connectivity index (χ0v) is 16.0. The first kappa shape index (κ1) is 20.9. The number of alkyl halides is 3. The van der Waals surface area contributed by atoms with E-state index in [0.29, 0.717) is 56.5 Å². The Balaban J connectivity index is 1.61. The van der Waals surface area contributed by atoms with Crippen molar-refractivity contribution in [1.29, 1.82) is 0 Å². The number of rotatable bonds is 6. The lowest BCUT2D eigenvalue weighted by Crippen LogP contribution is -2.49. The van der Waals surface area contributed by atoms with Crippen LogP contribution in [-0.4, -0.2) is 62.3 Å². The second-order valence-corrected chi connectivity index (χ2v) is 6.52. The van der Waals surface area contributed by atoms with Gasteiger partial charge < -0.3 is 19.3 Å². The van der Waals surface area contributed by atoms with E-state index in [0.717, 1.165) is 12.3 Å². The van der Waals surface area contributed by atoms with Gasteiger partial charge in [0.2, 0.25) is 0 Å². The van der Waals surface area contributed by atoms with Crippen molar-refractivity contribution in [1.82, 2.24) is 9.88 Å². The van der Waals surface area contributed by atoms with Crippen LogP contribution in [0.5, 0.6) is 5.75 Å². The quantitative estimate of drug-likeness (QED) is 0.687. The van der Waals surface area contributed by atoms with E-state index in [1.807, 2.05) is 4.90 Å². The molecule has 1 fully saturated rings. The molecule has 0 unspecified atom stereocenters. The van der Waals surface area contributed by atoms with Gasteiger partial charge in [-0.3, -0.25) is 4.79 Å². The largest absolute Gasteiger partial charge is 0.490 e. The molecule has 1 saturated heterocycles. The number of para-hydroxylation sites is 1. The minimum atomic E-state index is -4.41. The van der Waals surface area contributed by atoms with E-state index in [2.05, 4.69) is 4.98 Å². The molecule has 1 aromatic carbocycles. The minimum Gasteiger partial charge on any atom is -0.490 e. The van der Waals surface area contributed by atoms with Crippen LogP contribution < -0.4 is 9.64 Å². The Bertz CT molecular complexity index is 820. The molecule has 2 aromatic rings. The fraction of sp³-hybridized carbons (Fsp3) is 0.400. The summed E-state index contributed by atoms with van der Waals surface area (Å²) < 4.78 is 48.6. The summed E-state index contributed by atoms with van der Waals surface area (Å²) in [6, 6.07) is 9.41. The fourth-order valence-corrected chi connectivity index (χ4v) is 3.05. The maximum Gasteiger partial charge on any atom is 0.417 e. The number of benzene rings is 1. The highest BCUT2D eigenvalue weighted by Crippen LogP contribution is 2.29. The van der Waals surface area contributed by atoms with Gasteiger partial charge in [0.05, 0.1) is 17.7 Å². The lowest BCUT2D eigenvalue weighted by Gasteiger charge is -2.35. The van der Waals surface area contributed by atoms with Gasteiger partial charge in [-0.25, -0.2) is 4.98 Å². The second kappa shape index (κ2) is 9.13. The molecule has 9 heteroatoms. The zero-order chi connectivity index (χ0) is 20.9. The van der Waals surface area contributed by atoms with E-state index in [-0.39, 0.29) is 5.91 Å². The summed E-state index contributed by atoms with van der Waals surface area (Å²) >= 11 is 0. The molecule has 6 nitrogen and oxygen atoms in total. The van der Waals surface area contributed by atoms with Crippen LogP contribution in [0, 0.1) is 0 Å². The molecule has 0 aliphatic carbocycles. The first-order valence-corrected chi connectivity index (χ1v) is 9.18. The summed E-state index contributed by atoms with van der Waals surface area (Å²) in [4.78, 5) is 20.4. The molecular weight excluding hydrogens is 387 g/mol. The Kier molecular flexibility index (Phi) is 6.58. The Morgan fingerprint density at radius 1 is 1.07 bits per heavy atom. The highest BCUT2D eigenvalue weighted by atomic mass is 19.4. The molecule has 0 atom stereocenters. The van der Waals surface area contributed by atoms with Gasteiger partial charge >= 0.3 is 6.18 Å². The molecule has 0 N–H and O–H groups in total. The van der Waals surface area contributed by atoms with Crippen molar-refractivity contribution in [2.24, 2.45) is 0 Å². The number of anilines is 1. The number of carbonyl (C=O) groups is 1. The van der Waals surface area contributed by atoms with Crippen LogP contribution >= 0.6 is 0 Å². The summed E-state index contributed by atoms with van der Waals surface area (Å²) in [5.74, 6) is 0.827. The third kappa shape index (κ3) is 5.17. The fourth-order valence-electron chi connectivity index (χ4n) is 3.05. The minimum absolute atomic E-state index is 0.141. The maximum absolute atomic E-state index is 12.9. The molecule has 0 saturated carbocycles. The van der Waals surface area contributed by atoms with Crippen molar-refractivity contribution in [2.45, 2.75) is 6.18 Å². The zero-order valence-electron chi connectivity index (χ0n) is 16.0. The van der Waals surface area contributed by atoms with E-state index < -0.39 is 11.7 Å². The number of ether oxygens (including phenoxy) is 2. The topological polar surface area (TPSA) is 54.9 Å². The number of hydrogen-bond donors (Lipinski definition) is 0. The third-order valence-corrected chi connectivity index (χ3v) is 4.63. The van der Waals surface area contributed by atoms with Crippen molar-refractivity contribution in [3.05, 3.63) is 53.7 Å². The number of aromatic nitrogens is 1. The number of methoxy groups -OCH3 is 1. The smallest absolute Gasteiger partial charge is 0.417 e. The van der Waals surface area contributed by atoms with Gasteiger partial charge in [0.1, 0.15) is 18.2 Å². The van der Waals surface area contributed by atoms with Gasteiger partial charge in [-0.2, -0.15) is 13.2 Å². The second-order valence-electron chi connectivity index (χ2n) is 6.52. The monoisotopic (exact) mass is 409 g/mol. The molecule has 1 aliphatic heterocycles. The van der Waals surface area contributed by atoms with Gasteiger partial charge in [-0.1, -0.05) is 12.1 Å². The Labute approximate surface area is 166 Å². The van der Waals surface area contributed by atoms with E-state index in [1.54, 1.807) is 36.3 Å². The molecule has 1 aliphatic rings. The molecule has 156 valence electrons. The van der Waals surface area contributed by atoms with Crippen LogP contribution in [0.2, 0.25) is 0 Å². The summed E-state index contributed by atoms with van der Waals surface area (Å²) in [6.07, 6.45) is -3.57. The normalized spacial score (nSPS) is 14.8. The first-order valence-electron chi connectivity index (χ1n) is 9.18. The van der Waals surface area contributed by atoms with Crippen LogP contribution in [0.15, 0.2) is 42.6 Å². The van der Waals surface area contributed by atoms with Gasteiger partial charge in [-0.15, -0.1) is 0 Å². The molecule has 29 heavy (non-hydrogen) atoms. The predicted octanol–water partition coefficient (Wildman–Crippen LogP) is 3.09. The Morgan fingerprint density at radius 3 is 2.41 bits per heavy atom. The number of nitrogens with zero attached hydrogens (tertiary/aromatic N) is 3. The van der Waals surface area contributed by atoms with Crippen molar-refractivity contribution in [3.63, 3.8) is 0 Å². The number of pyridine rings is 1. The van der Waals surface area contributed by atoms with Gasteiger partial charge in [0.15, 0.2) is 0 Å². The number of amides is 1. The van der Waals surface area contributed by atoms with Crippen molar-refractivity contribution >= 4 is 11.7 Å². The number of piperazine rings is 1. The van der Waals surface area contributed by atoms with E-state index in [4.69, 9.17) is 9.47 Å². The average molecular weight is 409 g/mol. The standard InChI is InChI=1S/C20H22F3N3O3/c1-28-12-13-29-17-5-3-2-4-16(17)19(27)26-10-8-25(9-11-26)18-7-6-15(14-24-18)20(21,22)23/h2-7,14H,8-13H2,1H3. The summed E-state index contributed by atoms with van der Waals surface area (Å²) in [7, 11) is 1.57. The third-order valence-electron chi connectivity index (χ3n) is 4.63. The van der Waals surface area contributed by atoms with Crippen LogP contribution in [-0.2, 0) is 10.9 Å². The molecule has 1 amide bonds. The Morgan fingerprint density at radius 2 is 1.79 bits per heavy atom. The molecule has 1 aromatic heterocycles. The van der Waals surface area contributed by atoms with Crippen LogP contribution in [0.1, 0.15) is 15.9 Å².